The summed E-state index contributed by atoms with van der Waals surface area (Å²) in [5.74, 6) is -0.0600. The van der Waals surface area contributed by atoms with Crippen molar-refractivity contribution in [1.82, 2.24) is 5.32 Å². The largest absolute Gasteiger partial charge is 0.466 e. The van der Waals surface area contributed by atoms with Crippen molar-refractivity contribution in [2.75, 3.05) is 13.2 Å². The molecule has 0 aromatic rings. The van der Waals surface area contributed by atoms with E-state index in [0.29, 0.717) is 25.9 Å². The van der Waals surface area contributed by atoms with Gasteiger partial charge in [0.2, 0.25) is 5.91 Å². The van der Waals surface area contributed by atoms with Crippen LogP contribution < -0.4 is 5.32 Å². The van der Waals surface area contributed by atoms with Crippen molar-refractivity contribution >= 4 is 11.9 Å². The van der Waals surface area contributed by atoms with Crippen LogP contribution in [0, 0.1) is 0 Å². The van der Waals surface area contributed by atoms with E-state index in [9.17, 15) is 19.8 Å². The van der Waals surface area contributed by atoms with Crippen LogP contribution in [-0.4, -0.2) is 47.4 Å². The molecule has 0 spiro atoms. The third-order valence-corrected chi connectivity index (χ3v) is 11.5. The highest BCUT2D eigenvalue weighted by Crippen LogP contribution is 2.16. The maximum atomic E-state index is 12.4. The average Bonchev–Trinajstić information content (AvgIpc) is 3.21. The van der Waals surface area contributed by atoms with Crippen molar-refractivity contribution in [2.24, 2.45) is 0 Å². The minimum Gasteiger partial charge on any atom is -0.466 e. The van der Waals surface area contributed by atoms with E-state index in [2.05, 4.69) is 43.5 Å². The number of allylic oxidation sites excluding steroid dienone is 4. The zero-order valence-electron chi connectivity index (χ0n) is 38.1. The van der Waals surface area contributed by atoms with E-state index < -0.39 is 12.1 Å². The SMILES string of the molecule is CCC/C=C\C/C=C\CCCCCCCC(=O)OCCCCCCCCCCCCCCCCCC(=O)NC(CO)C(O)CCCCCCCCCCCCCC. The lowest BCUT2D eigenvalue weighted by Gasteiger charge is -2.22. The molecule has 0 saturated heterocycles. The smallest absolute Gasteiger partial charge is 0.305 e. The minimum absolute atomic E-state index is 0.0150. The normalized spacial score (nSPS) is 12.8. The fraction of sp³-hybridized carbons (Fsp3) is 0.882. The monoisotopic (exact) mass is 804 g/mol. The molecule has 336 valence electrons. The van der Waals surface area contributed by atoms with E-state index >= 15 is 0 Å². The number of hydrogen-bond acceptors (Lipinski definition) is 5. The number of carbonyl (C=O) groups is 2. The summed E-state index contributed by atoms with van der Waals surface area (Å²) in [6.07, 6.45) is 54.2. The summed E-state index contributed by atoms with van der Waals surface area (Å²) < 4.78 is 5.45. The van der Waals surface area contributed by atoms with Gasteiger partial charge in [-0.15, -0.1) is 0 Å². The van der Waals surface area contributed by atoms with Gasteiger partial charge in [0.25, 0.3) is 0 Å². The topological polar surface area (TPSA) is 95.9 Å². The first kappa shape index (κ1) is 55.3. The van der Waals surface area contributed by atoms with Crippen molar-refractivity contribution in [1.29, 1.82) is 0 Å². The van der Waals surface area contributed by atoms with E-state index in [0.717, 1.165) is 57.8 Å². The van der Waals surface area contributed by atoms with Crippen LogP contribution in [0.4, 0.5) is 0 Å². The van der Waals surface area contributed by atoms with Crippen molar-refractivity contribution < 1.29 is 24.5 Å². The van der Waals surface area contributed by atoms with E-state index in [1.807, 2.05) is 0 Å². The second-order valence-corrected chi connectivity index (χ2v) is 17.1. The van der Waals surface area contributed by atoms with Crippen LogP contribution in [-0.2, 0) is 14.3 Å². The lowest BCUT2D eigenvalue weighted by molar-refractivity contribution is -0.143. The van der Waals surface area contributed by atoms with Crippen LogP contribution in [0.5, 0.6) is 0 Å². The molecule has 0 aliphatic carbocycles. The molecule has 0 bridgehead atoms. The Hall–Kier alpha value is -1.66. The first-order chi connectivity index (χ1) is 28.0. The fourth-order valence-corrected chi connectivity index (χ4v) is 7.62. The van der Waals surface area contributed by atoms with E-state index in [1.54, 1.807) is 0 Å². The summed E-state index contributed by atoms with van der Waals surface area (Å²) >= 11 is 0. The van der Waals surface area contributed by atoms with Crippen LogP contribution >= 0.6 is 0 Å². The number of hydrogen-bond donors (Lipinski definition) is 3. The van der Waals surface area contributed by atoms with Crippen LogP contribution in [0.1, 0.15) is 264 Å². The van der Waals surface area contributed by atoms with Crippen molar-refractivity contribution in [3.05, 3.63) is 24.3 Å². The molecule has 0 aliphatic heterocycles. The molecule has 0 radical (unpaired) electrons. The number of amides is 1. The third-order valence-electron chi connectivity index (χ3n) is 11.5. The molecule has 0 fully saturated rings. The Balaban J connectivity index is 3.44. The summed E-state index contributed by atoms with van der Waals surface area (Å²) in [5, 5.41) is 23.2. The predicted molar refractivity (Wildman–Crippen MR) is 246 cm³/mol. The Labute approximate surface area is 354 Å². The summed E-state index contributed by atoms with van der Waals surface area (Å²) in [4.78, 5) is 24.4. The summed E-state index contributed by atoms with van der Waals surface area (Å²) in [6.45, 7) is 4.85. The van der Waals surface area contributed by atoms with Gasteiger partial charge in [-0.2, -0.15) is 0 Å². The van der Waals surface area contributed by atoms with Crippen molar-refractivity contribution in [2.45, 2.75) is 276 Å². The van der Waals surface area contributed by atoms with Crippen molar-refractivity contribution in [3.63, 3.8) is 0 Å². The number of carbonyl (C=O) groups excluding carboxylic acids is 2. The van der Waals surface area contributed by atoms with Gasteiger partial charge in [0.15, 0.2) is 0 Å². The maximum absolute atomic E-state index is 12.4. The molecule has 2 unspecified atom stereocenters. The quantitative estimate of drug-likeness (QED) is 0.0324. The zero-order valence-corrected chi connectivity index (χ0v) is 38.1. The molecular formula is C51H97NO5. The number of ether oxygens (including phenoxy) is 1. The highest BCUT2D eigenvalue weighted by Gasteiger charge is 2.20. The minimum atomic E-state index is -0.669. The second-order valence-electron chi connectivity index (χ2n) is 17.1. The van der Waals surface area contributed by atoms with Gasteiger partial charge in [-0.1, -0.05) is 224 Å². The number of rotatable bonds is 46. The molecule has 6 nitrogen and oxygen atoms in total. The van der Waals surface area contributed by atoms with Crippen LogP contribution in [0.2, 0.25) is 0 Å². The van der Waals surface area contributed by atoms with Crippen LogP contribution in [0.3, 0.4) is 0 Å². The molecule has 1 amide bonds. The van der Waals surface area contributed by atoms with Crippen molar-refractivity contribution in [3.8, 4) is 0 Å². The molecule has 6 heteroatoms. The molecule has 0 aromatic heterocycles. The lowest BCUT2D eigenvalue weighted by atomic mass is 10.0. The number of esters is 1. The fourth-order valence-electron chi connectivity index (χ4n) is 7.62. The molecule has 0 saturated carbocycles. The highest BCUT2D eigenvalue weighted by molar-refractivity contribution is 5.76. The Kier molecular flexibility index (Phi) is 45.7. The molecule has 0 rings (SSSR count). The molecule has 0 aliphatic rings. The zero-order chi connectivity index (χ0) is 41.5. The Morgan fingerprint density at radius 3 is 1.40 bits per heavy atom. The summed E-state index contributed by atoms with van der Waals surface area (Å²) in [5.41, 5.74) is 0. The number of aliphatic hydroxyl groups is 2. The van der Waals surface area contributed by atoms with Gasteiger partial charge >= 0.3 is 5.97 Å². The second kappa shape index (κ2) is 47.0. The van der Waals surface area contributed by atoms with Gasteiger partial charge in [-0.25, -0.2) is 0 Å². The molecule has 57 heavy (non-hydrogen) atoms. The maximum Gasteiger partial charge on any atom is 0.305 e. The summed E-state index contributed by atoms with van der Waals surface area (Å²) in [6, 6.07) is -0.547. The van der Waals surface area contributed by atoms with E-state index in [1.165, 1.54) is 173 Å². The Morgan fingerprint density at radius 2 is 0.912 bits per heavy atom. The average molecular weight is 804 g/mol. The van der Waals surface area contributed by atoms with Crippen LogP contribution in [0.25, 0.3) is 0 Å². The number of aliphatic hydroxyl groups excluding tert-OH is 2. The number of nitrogens with one attached hydrogen (secondary N) is 1. The van der Waals surface area contributed by atoms with Gasteiger partial charge < -0.3 is 20.3 Å². The molecule has 3 N–H and O–H groups in total. The first-order valence-electron chi connectivity index (χ1n) is 25.1. The third kappa shape index (κ3) is 43.7. The van der Waals surface area contributed by atoms with Crippen LogP contribution in [0.15, 0.2) is 24.3 Å². The lowest BCUT2D eigenvalue weighted by Crippen LogP contribution is -2.45. The van der Waals surface area contributed by atoms with Gasteiger partial charge in [-0.3, -0.25) is 9.59 Å². The number of unbranched alkanes of at least 4 members (excludes halogenated alkanes) is 31. The Bertz CT molecular complexity index is 889. The molecule has 2 atom stereocenters. The Morgan fingerprint density at radius 1 is 0.491 bits per heavy atom. The highest BCUT2D eigenvalue weighted by atomic mass is 16.5. The van der Waals surface area contributed by atoms with E-state index in [-0.39, 0.29) is 18.5 Å². The molecule has 0 heterocycles. The molecule has 0 aromatic carbocycles. The molecular weight excluding hydrogens is 707 g/mol. The van der Waals surface area contributed by atoms with Gasteiger partial charge in [0, 0.05) is 12.8 Å². The van der Waals surface area contributed by atoms with Gasteiger partial charge in [-0.05, 0) is 51.4 Å². The first-order valence-corrected chi connectivity index (χ1v) is 25.1. The van der Waals surface area contributed by atoms with E-state index in [4.69, 9.17) is 4.74 Å². The van der Waals surface area contributed by atoms with Gasteiger partial charge in [0.05, 0.1) is 25.4 Å². The summed E-state index contributed by atoms with van der Waals surface area (Å²) in [7, 11) is 0. The standard InChI is InChI=1S/C51H97NO5/c1-3-5-7-9-11-13-15-20-25-29-33-37-41-45-51(56)57-46-42-38-34-30-26-22-19-17-18-21-24-28-32-36-40-44-50(55)52-48(47-53)49(54)43-39-35-31-27-23-16-14-12-10-8-6-4-2/h7,9,13,15,48-49,53-54H,3-6,8,10-12,14,16-47H2,1-2H3,(H,52,55)/b9-7-,15-13-. The van der Waals surface area contributed by atoms with Gasteiger partial charge in [0.1, 0.15) is 0 Å². The predicted octanol–water partition coefficient (Wildman–Crippen LogP) is 14.7.